The second-order valence-electron chi connectivity index (χ2n) is 3.59. The van der Waals surface area contributed by atoms with Crippen LogP contribution in [0, 0.1) is 10.1 Å². The van der Waals surface area contributed by atoms with Crippen LogP contribution in [0.3, 0.4) is 0 Å². The van der Waals surface area contributed by atoms with Crippen LogP contribution in [-0.4, -0.2) is 27.8 Å². The number of halogens is 2. The van der Waals surface area contributed by atoms with E-state index in [2.05, 4.69) is 15.9 Å². The highest BCUT2D eigenvalue weighted by atomic mass is 79.9. The largest absolute Gasteiger partial charge is 0.385 e. The Morgan fingerprint density at radius 1 is 1.44 bits per heavy atom. The third kappa shape index (κ3) is 3.00. The molecule has 0 spiro atoms. The standard InChI is InChI=1S/C9H9BrClNO5S/c1-18(16,17)9(10,11)8(13)6-2-4-7(5-3-6)12(14)15/h2-5,8,13H,1H3/t8-,9-/m1/s1. The van der Waals surface area contributed by atoms with Crippen LogP contribution in [-0.2, 0) is 9.84 Å². The van der Waals surface area contributed by atoms with E-state index in [4.69, 9.17) is 11.6 Å². The van der Waals surface area contributed by atoms with Crippen LogP contribution in [0.1, 0.15) is 11.7 Å². The summed E-state index contributed by atoms with van der Waals surface area (Å²) >= 11 is 8.49. The minimum absolute atomic E-state index is 0.151. The molecule has 0 unspecified atom stereocenters. The van der Waals surface area contributed by atoms with Crippen molar-refractivity contribution in [3.8, 4) is 0 Å². The first kappa shape index (κ1) is 15.4. The van der Waals surface area contributed by atoms with E-state index in [1.165, 1.54) is 12.1 Å². The lowest BCUT2D eigenvalue weighted by Gasteiger charge is -2.24. The van der Waals surface area contributed by atoms with Crippen LogP contribution in [0.4, 0.5) is 5.69 Å². The molecular weight excluding hydrogens is 350 g/mol. The molecule has 2 atom stereocenters. The highest BCUT2D eigenvalue weighted by Gasteiger charge is 2.44. The third-order valence-electron chi connectivity index (χ3n) is 2.23. The van der Waals surface area contributed by atoms with Gasteiger partial charge in [-0.15, -0.1) is 0 Å². The van der Waals surface area contributed by atoms with Crippen molar-refractivity contribution in [3.05, 3.63) is 39.9 Å². The van der Waals surface area contributed by atoms with E-state index in [1.807, 2.05) is 0 Å². The zero-order chi connectivity index (χ0) is 14.1. The quantitative estimate of drug-likeness (QED) is 0.504. The number of aliphatic hydroxyl groups is 1. The fraction of sp³-hybridized carbons (Fsp3) is 0.333. The van der Waals surface area contributed by atoms with Crippen LogP contribution in [0.2, 0.25) is 0 Å². The Morgan fingerprint density at radius 2 is 1.89 bits per heavy atom. The van der Waals surface area contributed by atoms with Crippen LogP contribution in [0.15, 0.2) is 24.3 Å². The van der Waals surface area contributed by atoms with Crippen LogP contribution >= 0.6 is 27.5 Å². The van der Waals surface area contributed by atoms with E-state index in [0.29, 0.717) is 0 Å². The van der Waals surface area contributed by atoms with E-state index in [9.17, 15) is 23.6 Å². The number of hydrogen-bond acceptors (Lipinski definition) is 5. The average molecular weight is 359 g/mol. The molecule has 9 heteroatoms. The molecule has 18 heavy (non-hydrogen) atoms. The van der Waals surface area contributed by atoms with Gasteiger partial charge in [-0.05, 0) is 33.6 Å². The van der Waals surface area contributed by atoms with E-state index >= 15 is 0 Å². The van der Waals surface area contributed by atoms with E-state index < -0.39 is 24.0 Å². The summed E-state index contributed by atoms with van der Waals surface area (Å²) in [6, 6.07) is 4.79. The Balaban J connectivity index is 3.12. The van der Waals surface area contributed by atoms with Gasteiger partial charge in [0.1, 0.15) is 6.10 Å². The molecule has 0 fully saturated rings. The molecule has 1 aromatic carbocycles. The summed E-state index contributed by atoms with van der Waals surface area (Å²) in [6.45, 7) is 0. The summed E-state index contributed by atoms with van der Waals surface area (Å²) in [4.78, 5) is 9.85. The molecule has 0 aromatic heterocycles. The van der Waals surface area contributed by atoms with Gasteiger partial charge in [0.2, 0.25) is 3.12 Å². The van der Waals surface area contributed by atoms with Crippen LogP contribution < -0.4 is 0 Å². The number of hydrogen-bond donors (Lipinski definition) is 1. The normalized spacial score (nSPS) is 16.9. The molecule has 0 bridgehead atoms. The number of nitro benzene ring substituents is 1. The number of nitrogens with zero attached hydrogens (tertiary/aromatic N) is 1. The Morgan fingerprint density at radius 3 is 2.22 bits per heavy atom. The summed E-state index contributed by atoms with van der Waals surface area (Å²) in [5, 5.41) is 20.3. The van der Waals surface area contributed by atoms with Gasteiger partial charge in [0.25, 0.3) is 5.69 Å². The fourth-order valence-electron chi connectivity index (χ4n) is 1.18. The van der Waals surface area contributed by atoms with Crippen molar-refractivity contribution in [2.45, 2.75) is 9.22 Å². The minimum atomic E-state index is -3.78. The molecule has 1 rings (SSSR count). The van der Waals surface area contributed by atoms with Crippen molar-refractivity contribution in [3.63, 3.8) is 0 Å². The monoisotopic (exact) mass is 357 g/mol. The first-order chi connectivity index (χ1) is 8.07. The molecule has 0 heterocycles. The zero-order valence-electron chi connectivity index (χ0n) is 9.08. The molecule has 0 amide bonds. The summed E-state index contributed by atoms with van der Waals surface area (Å²) in [6.07, 6.45) is -0.696. The van der Waals surface area contributed by atoms with Crippen molar-refractivity contribution < 1.29 is 18.4 Å². The number of alkyl halides is 2. The van der Waals surface area contributed by atoms with E-state index in [-0.39, 0.29) is 11.3 Å². The first-order valence-corrected chi connectivity index (χ1v) is 7.63. The molecule has 6 nitrogen and oxygen atoms in total. The number of sulfone groups is 1. The molecule has 0 aliphatic carbocycles. The van der Waals surface area contributed by atoms with Crippen LogP contribution in [0.25, 0.3) is 0 Å². The molecule has 1 N–H and O–H groups in total. The van der Waals surface area contributed by atoms with Gasteiger partial charge in [-0.2, -0.15) is 0 Å². The van der Waals surface area contributed by atoms with Gasteiger partial charge < -0.3 is 5.11 Å². The van der Waals surface area contributed by atoms with Crippen molar-refractivity contribution in [1.82, 2.24) is 0 Å². The maximum atomic E-state index is 11.4. The zero-order valence-corrected chi connectivity index (χ0v) is 12.2. The highest BCUT2D eigenvalue weighted by molar-refractivity contribution is 9.12. The molecule has 0 aliphatic rings. The Bertz CT molecular complexity index is 557. The maximum Gasteiger partial charge on any atom is 0.269 e. The summed E-state index contributed by atoms with van der Waals surface area (Å²) in [5.41, 5.74) is -0.0158. The van der Waals surface area contributed by atoms with Gasteiger partial charge in [-0.25, -0.2) is 8.42 Å². The third-order valence-corrected chi connectivity index (χ3v) is 6.69. The lowest BCUT2D eigenvalue weighted by atomic mass is 10.1. The van der Waals surface area contributed by atoms with E-state index in [0.717, 1.165) is 18.4 Å². The second-order valence-corrected chi connectivity index (χ2v) is 8.83. The average Bonchev–Trinajstić information content (AvgIpc) is 2.26. The van der Waals surface area contributed by atoms with Gasteiger partial charge in [0, 0.05) is 18.4 Å². The first-order valence-electron chi connectivity index (χ1n) is 4.57. The maximum absolute atomic E-state index is 11.4. The minimum Gasteiger partial charge on any atom is -0.385 e. The fourth-order valence-corrected chi connectivity index (χ4v) is 2.11. The highest BCUT2D eigenvalue weighted by Crippen LogP contribution is 2.42. The van der Waals surface area contributed by atoms with Crippen molar-refractivity contribution >= 4 is 43.1 Å². The molecule has 0 radical (unpaired) electrons. The Hall–Kier alpha value is -0.700. The number of rotatable bonds is 4. The number of non-ortho nitro benzene ring substituents is 1. The lowest BCUT2D eigenvalue weighted by Crippen LogP contribution is -2.32. The summed E-state index contributed by atoms with van der Waals surface area (Å²) in [7, 11) is -3.78. The molecule has 0 aliphatic heterocycles. The smallest absolute Gasteiger partial charge is 0.269 e. The Labute approximate surface area is 117 Å². The van der Waals surface area contributed by atoms with Crippen molar-refractivity contribution in [1.29, 1.82) is 0 Å². The Kier molecular flexibility index (Phi) is 4.37. The predicted octanol–water partition coefficient (Wildman–Crippen LogP) is 1.96. The molecule has 100 valence electrons. The summed E-state index contributed by atoms with van der Waals surface area (Å²) in [5.74, 6) is 0. The van der Waals surface area contributed by atoms with Crippen LogP contribution in [0.5, 0.6) is 0 Å². The van der Waals surface area contributed by atoms with Gasteiger partial charge in [0.05, 0.1) is 4.92 Å². The number of nitro groups is 1. The number of aliphatic hydroxyl groups excluding tert-OH is 1. The summed E-state index contributed by atoms with van der Waals surface area (Å²) < 4.78 is 20.7. The number of benzene rings is 1. The van der Waals surface area contributed by atoms with Gasteiger partial charge in [-0.1, -0.05) is 11.6 Å². The van der Waals surface area contributed by atoms with Gasteiger partial charge in [-0.3, -0.25) is 10.1 Å². The van der Waals surface area contributed by atoms with Gasteiger partial charge >= 0.3 is 0 Å². The SMILES string of the molecule is CS(=O)(=O)[C@@](Cl)(Br)[C@H](O)c1ccc([N+](=O)[O-])cc1. The van der Waals surface area contributed by atoms with Crippen molar-refractivity contribution in [2.75, 3.05) is 6.26 Å². The predicted molar refractivity (Wildman–Crippen MR) is 70.4 cm³/mol. The molecule has 0 saturated carbocycles. The molecule has 1 aromatic rings. The molecular formula is C9H9BrClNO5S. The lowest BCUT2D eigenvalue weighted by molar-refractivity contribution is -0.384. The second kappa shape index (κ2) is 5.12. The molecule has 0 saturated heterocycles. The van der Waals surface area contributed by atoms with E-state index in [1.54, 1.807) is 0 Å². The topological polar surface area (TPSA) is 97.5 Å². The van der Waals surface area contributed by atoms with Crippen molar-refractivity contribution in [2.24, 2.45) is 0 Å². The van der Waals surface area contributed by atoms with Gasteiger partial charge in [0.15, 0.2) is 9.84 Å².